The fraction of sp³-hybridized carbons (Fsp3) is 0.364. The van der Waals surface area contributed by atoms with E-state index in [2.05, 4.69) is 10.1 Å². The molecule has 0 radical (unpaired) electrons. The molecule has 0 unspecified atom stereocenters. The minimum atomic E-state index is -0.321. The lowest BCUT2D eigenvalue weighted by molar-refractivity contribution is -0.132. The Morgan fingerprint density at radius 2 is 1.77 bits per heavy atom. The highest BCUT2D eigenvalue weighted by Gasteiger charge is 2.25. The molecule has 3 heterocycles. The summed E-state index contributed by atoms with van der Waals surface area (Å²) in [5.74, 6) is 0.644. The molecule has 1 fully saturated rings. The lowest BCUT2D eigenvalue weighted by Gasteiger charge is -2.34. The molecule has 3 aromatic rings. The van der Waals surface area contributed by atoms with Crippen molar-refractivity contribution < 1.29 is 18.5 Å². The zero-order valence-electron chi connectivity index (χ0n) is 17.2. The molecule has 1 aromatic carbocycles. The summed E-state index contributed by atoms with van der Waals surface area (Å²) in [7, 11) is 0. The van der Waals surface area contributed by atoms with Crippen LogP contribution in [-0.2, 0) is 11.2 Å². The van der Waals surface area contributed by atoms with Gasteiger partial charge in [-0.2, -0.15) is 4.98 Å². The number of halogens is 1. The van der Waals surface area contributed by atoms with Gasteiger partial charge in [-0.25, -0.2) is 4.39 Å². The second kappa shape index (κ2) is 9.38. The Balaban J connectivity index is 1.21. The number of thiophene rings is 1. The zero-order valence-corrected chi connectivity index (χ0v) is 18.0. The van der Waals surface area contributed by atoms with E-state index in [1.54, 1.807) is 17.0 Å². The highest BCUT2D eigenvalue weighted by Crippen LogP contribution is 2.19. The van der Waals surface area contributed by atoms with Crippen molar-refractivity contribution in [3.05, 3.63) is 57.9 Å². The maximum absolute atomic E-state index is 13.0. The number of carbonyl (C=O) groups is 2. The second-order valence-corrected chi connectivity index (χ2v) is 8.74. The lowest BCUT2D eigenvalue weighted by atomic mass is 10.2. The molecule has 4 rings (SSSR count). The molecule has 31 heavy (non-hydrogen) atoms. The van der Waals surface area contributed by atoms with Gasteiger partial charge in [-0.15, -0.1) is 11.3 Å². The van der Waals surface area contributed by atoms with Crippen LogP contribution < -0.4 is 0 Å². The van der Waals surface area contributed by atoms with Crippen LogP contribution in [0.5, 0.6) is 0 Å². The molecule has 1 saturated heterocycles. The predicted molar refractivity (Wildman–Crippen MR) is 114 cm³/mol. The summed E-state index contributed by atoms with van der Waals surface area (Å²) in [5.41, 5.74) is 0.678. The Morgan fingerprint density at radius 3 is 2.45 bits per heavy atom. The molecule has 1 aliphatic rings. The third-order valence-electron chi connectivity index (χ3n) is 5.22. The molecule has 0 aliphatic carbocycles. The van der Waals surface area contributed by atoms with Crippen molar-refractivity contribution in [1.82, 2.24) is 19.9 Å². The third kappa shape index (κ3) is 5.16. The number of rotatable bonds is 6. The van der Waals surface area contributed by atoms with Crippen molar-refractivity contribution >= 4 is 23.2 Å². The van der Waals surface area contributed by atoms with E-state index in [9.17, 15) is 14.0 Å². The molecule has 9 heteroatoms. The van der Waals surface area contributed by atoms with Crippen LogP contribution in [0.1, 0.15) is 33.3 Å². The molecule has 1 aliphatic heterocycles. The van der Waals surface area contributed by atoms with E-state index in [1.165, 1.54) is 23.5 Å². The average molecular weight is 443 g/mol. The molecule has 0 N–H and O–H groups in total. The summed E-state index contributed by atoms with van der Waals surface area (Å²) >= 11 is 1.50. The van der Waals surface area contributed by atoms with Crippen molar-refractivity contribution in [1.29, 1.82) is 0 Å². The predicted octanol–water partition coefficient (Wildman–Crippen LogP) is 3.55. The van der Waals surface area contributed by atoms with Crippen LogP contribution in [0.25, 0.3) is 11.4 Å². The van der Waals surface area contributed by atoms with Crippen LogP contribution in [0.2, 0.25) is 0 Å². The molecule has 0 saturated carbocycles. The maximum Gasteiger partial charge on any atom is 0.264 e. The molecule has 2 aromatic heterocycles. The quantitative estimate of drug-likeness (QED) is 0.583. The van der Waals surface area contributed by atoms with Gasteiger partial charge in [-0.3, -0.25) is 9.59 Å². The summed E-state index contributed by atoms with van der Waals surface area (Å²) in [6.45, 7) is 4.17. The number of benzene rings is 1. The van der Waals surface area contributed by atoms with E-state index in [-0.39, 0.29) is 17.6 Å². The van der Waals surface area contributed by atoms with Gasteiger partial charge in [0.15, 0.2) is 0 Å². The molecular weight excluding hydrogens is 419 g/mol. The number of nitrogens with zero attached hydrogens (tertiary/aromatic N) is 4. The summed E-state index contributed by atoms with van der Waals surface area (Å²) in [6, 6.07) is 9.69. The first-order valence-corrected chi connectivity index (χ1v) is 11.0. The monoisotopic (exact) mass is 442 g/mol. The molecule has 162 valence electrons. The van der Waals surface area contributed by atoms with Gasteiger partial charge in [0.05, 0.1) is 4.88 Å². The minimum Gasteiger partial charge on any atom is -0.339 e. The van der Waals surface area contributed by atoms with Crippen molar-refractivity contribution in [2.45, 2.75) is 26.2 Å². The number of carbonyl (C=O) groups excluding carboxylic acids is 2. The average Bonchev–Trinajstić information content (AvgIpc) is 3.43. The van der Waals surface area contributed by atoms with Gasteiger partial charge in [0.1, 0.15) is 5.82 Å². The summed E-state index contributed by atoms with van der Waals surface area (Å²) in [5, 5.41) is 3.91. The second-order valence-electron chi connectivity index (χ2n) is 7.46. The first-order valence-electron chi connectivity index (χ1n) is 10.2. The van der Waals surface area contributed by atoms with Crippen molar-refractivity contribution in [3.8, 4) is 11.4 Å². The van der Waals surface area contributed by atoms with Gasteiger partial charge in [0.25, 0.3) is 5.91 Å². The molecule has 0 atom stereocenters. The van der Waals surface area contributed by atoms with Gasteiger partial charge in [-0.1, -0.05) is 5.16 Å². The molecule has 0 spiro atoms. The standard InChI is InChI=1S/C22H23FN4O3S/c1-15-5-10-18(31-15)22(29)27-13-11-26(12-14-27)20(28)4-2-3-19-24-21(25-30-19)16-6-8-17(23)9-7-16/h5-10H,2-4,11-14H2,1H3. The normalized spacial score (nSPS) is 14.1. The van der Waals surface area contributed by atoms with Crippen LogP contribution in [0.3, 0.4) is 0 Å². The number of hydrogen-bond donors (Lipinski definition) is 0. The summed E-state index contributed by atoms with van der Waals surface area (Å²) in [4.78, 5) is 34.8. The Morgan fingerprint density at radius 1 is 1.06 bits per heavy atom. The number of aryl methyl sites for hydroxylation is 2. The molecular formula is C22H23FN4O3S. The summed E-state index contributed by atoms with van der Waals surface area (Å²) < 4.78 is 18.3. The van der Waals surface area contributed by atoms with E-state index in [1.807, 2.05) is 24.0 Å². The van der Waals surface area contributed by atoms with E-state index in [4.69, 9.17) is 4.52 Å². The van der Waals surface area contributed by atoms with Crippen molar-refractivity contribution in [3.63, 3.8) is 0 Å². The van der Waals surface area contributed by atoms with E-state index in [0.717, 1.165) is 9.75 Å². The SMILES string of the molecule is Cc1ccc(C(=O)N2CCN(C(=O)CCCc3nc(-c4ccc(F)cc4)no3)CC2)s1. The fourth-order valence-electron chi connectivity index (χ4n) is 3.49. The Hall–Kier alpha value is -3.07. The van der Waals surface area contributed by atoms with E-state index in [0.29, 0.717) is 62.7 Å². The highest BCUT2D eigenvalue weighted by molar-refractivity contribution is 7.13. The van der Waals surface area contributed by atoms with Gasteiger partial charge in [0, 0.05) is 49.5 Å². The smallest absolute Gasteiger partial charge is 0.264 e. The topological polar surface area (TPSA) is 79.5 Å². The Labute approximate surface area is 183 Å². The minimum absolute atomic E-state index is 0.0403. The molecule has 7 nitrogen and oxygen atoms in total. The third-order valence-corrected chi connectivity index (χ3v) is 6.21. The van der Waals surface area contributed by atoms with Gasteiger partial charge in [0.2, 0.25) is 17.6 Å². The van der Waals surface area contributed by atoms with Gasteiger partial charge in [-0.05, 0) is 49.7 Å². The highest BCUT2D eigenvalue weighted by atomic mass is 32.1. The maximum atomic E-state index is 13.0. The lowest BCUT2D eigenvalue weighted by Crippen LogP contribution is -2.50. The molecule has 0 bridgehead atoms. The largest absolute Gasteiger partial charge is 0.339 e. The Bertz CT molecular complexity index is 1050. The number of aromatic nitrogens is 2. The van der Waals surface area contributed by atoms with Crippen LogP contribution in [-0.4, -0.2) is 57.9 Å². The zero-order chi connectivity index (χ0) is 21.8. The van der Waals surface area contributed by atoms with Crippen molar-refractivity contribution in [2.75, 3.05) is 26.2 Å². The summed E-state index contributed by atoms with van der Waals surface area (Å²) in [6.07, 6.45) is 1.47. The first kappa shape index (κ1) is 21.2. The van der Waals surface area contributed by atoms with Crippen LogP contribution in [0, 0.1) is 12.7 Å². The number of hydrogen-bond acceptors (Lipinski definition) is 6. The molecule has 2 amide bonds. The van der Waals surface area contributed by atoms with Gasteiger partial charge < -0.3 is 14.3 Å². The number of amides is 2. The van der Waals surface area contributed by atoms with E-state index >= 15 is 0 Å². The number of piperazine rings is 1. The van der Waals surface area contributed by atoms with Crippen LogP contribution >= 0.6 is 11.3 Å². The Kier molecular flexibility index (Phi) is 6.41. The van der Waals surface area contributed by atoms with Crippen LogP contribution in [0.4, 0.5) is 4.39 Å². The van der Waals surface area contributed by atoms with Crippen molar-refractivity contribution in [2.24, 2.45) is 0 Å². The fourth-order valence-corrected chi connectivity index (χ4v) is 4.32. The van der Waals surface area contributed by atoms with Gasteiger partial charge >= 0.3 is 0 Å². The first-order chi connectivity index (χ1) is 15.0. The van der Waals surface area contributed by atoms with Crippen LogP contribution in [0.15, 0.2) is 40.9 Å². The van der Waals surface area contributed by atoms with E-state index < -0.39 is 0 Å².